The third-order valence-corrected chi connectivity index (χ3v) is 4.37. The molecule has 0 aliphatic carbocycles. The van der Waals surface area contributed by atoms with Crippen LogP contribution in [0.3, 0.4) is 0 Å². The molecule has 1 heterocycles. The fourth-order valence-corrected chi connectivity index (χ4v) is 2.89. The van der Waals surface area contributed by atoms with Crippen LogP contribution in [0.4, 0.5) is 0 Å². The van der Waals surface area contributed by atoms with E-state index in [9.17, 15) is 0 Å². The predicted molar refractivity (Wildman–Crippen MR) is 87.2 cm³/mol. The lowest BCUT2D eigenvalue weighted by molar-refractivity contribution is 0.160. The average Bonchev–Trinajstić information content (AvgIpc) is 2.98. The van der Waals surface area contributed by atoms with Crippen molar-refractivity contribution in [3.05, 3.63) is 28.8 Å². The molecular weight excluding hydrogens is 262 g/mol. The molecule has 0 amide bonds. The Kier molecular flexibility index (Phi) is 6.07. The van der Waals surface area contributed by atoms with Gasteiger partial charge in [-0.05, 0) is 62.9 Å². The van der Waals surface area contributed by atoms with Crippen LogP contribution in [0.25, 0.3) is 0 Å². The number of nitrogens with one attached hydrogen (secondary N) is 1. The van der Waals surface area contributed by atoms with Crippen LogP contribution in [0.5, 0.6) is 5.75 Å². The van der Waals surface area contributed by atoms with Crippen LogP contribution in [-0.4, -0.2) is 32.4 Å². The van der Waals surface area contributed by atoms with E-state index in [-0.39, 0.29) is 0 Å². The molecule has 0 bridgehead atoms. The van der Waals surface area contributed by atoms with Gasteiger partial charge in [0.1, 0.15) is 12.4 Å². The van der Waals surface area contributed by atoms with Crippen LogP contribution in [0.1, 0.15) is 36.5 Å². The molecular formula is C18H29NO2. The Morgan fingerprint density at radius 3 is 2.81 bits per heavy atom. The predicted octanol–water partition coefficient (Wildman–Crippen LogP) is 3.40. The Morgan fingerprint density at radius 1 is 1.33 bits per heavy atom. The summed E-state index contributed by atoms with van der Waals surface area (Å²) in [5, 5.41) is 3.63. The quantitative estimate of drug-likeness (QED) is 0.835. The Bertz CT molecular complexity index is 453. The average molecular weight is 291 g/mol. The van der Waals surface area contributed by atoms with Gasteiger partial charge in [-0.15, -0.1) is 0 Å². The summed E-state index contributed by atoms with van der Waals surface area (Å²) in [6.07, 6.45) is 2.28. The van der Waals surface area contributed by atoms with Gasteiger partial charge in [0, 0.05) is 18.6 Å². The van der Waals surface area contributed by atoms with Crippen molar-refractivity contribution in [2.75, 3.05) is 26.4 Å². The van der Waals surface area contributed by atoms with Gasteiger partial charge in [0.25, 0.3) is 0 Å². The maximum absolute atomic E-state index is 6.15. The first-order valence-electron chi connectivity index (χ1n) is 8.13. The molecule has 3 nitrogen and oxygen atoms in total. The monoisotopic (exact) mass is 291 g/mol. The molecule has 0 radical (unpaired) electrons. The van der Waals surface area contributed by atoms with Gasteiger partial charge in [-0.25, -0.2) is 0 Å². The van der Waals surface area contributed by atoms with E-state index in [1.807, 2.05) is 0 Å². The van der Waals surface area contributed by atoms with Gasteiger partial charge in [0.2, 0.25) is 0 Å². The van der Waals surface area contributed by atoms with Crippen molar-refractivity contribution in [3.8, 4) is 5.75 Å². The van der Waals surface area contributed by atoms with E-state index in [2.05, 4.69) is 45.1 Å². The first-order chi connectivity index (χ1) is 10.1. The van der Waals surface area contributed by atoms with Crippen LogP contribution in [0, 0.1) is 26.7 Å². The lowest BCUT2D eigenvalue weighted by Gasteiger charge is -2.24. The van der Waals surface area contributed by atoms with E-state index in [4.69, 9.17) is 9.47 Å². The Labute approximate surface area is 129 Å². The zero-order chi connectivity index (χ0) is 15.2. The SMILES string of the molecule is CCCNC(COc1cc(C)cc(C)c1C)C1CCOC1. The molecule has 1 aliphatic rings. The van der Waals surface area contributed by atoms with Crippen LogP contribution >= 0.6 is 0 Å². The minimum absolute atomic E-state index is 0.382. The third kappa shape index (κ3) is 4.45. The maximum Gasteiger partial charge on any atom is 0.122 e. The summed E-state index contributed by atoms with van der Waals surface area (Å²) in [6.45, 7) is 12.1. The summed E-state index contributed by atoms with van der Waals surface area (Å²) in [4.78, 5) is 0. The molecule has 1 aliphatic heterocycles. The molecule has 2 unspecified atom stereocenters. The van der Waals surface area contributed by atoms with Crippen LogP contribution < -0.4 is 10.1 Å². The van der Waals surface area contributed by atoms with Gasteiger partial charge in [0.05, 0.1) is 6.61 Å². The smallest absolute Gasteiger partial charge is 0.122 e. The van der Waals surface area contributed by atoms with Gasteiger partial charge in [-0.3, -0.25) is 0 Å². The number of aryl methyl sites for hydroxylation is 2. The molecule has 0 spiro atoms. The first-order valence-corrected chi connectivity index (χ1v) is 8.13. The molecule has 2 atom stereocenters. The fraction of sp³-hybridized carbons (Fsp3) is 0.667. The van der Waals surface area contributed by atoms with E-state index < -0.39 is 0 Å². The highest BCUT2D eigenvalue weighted by Gasteiger charge is 2.26. The molecule has 118 valence electrons. The zero-order valence-corrected chi connectivity index (χ0v) is 13.9. The molecule has 1 aromatic carbocycles. The highest BCUT2D eigenvalue weighted by Crippen LogP contribution is 2.24. The second-order valence-corrected chi connectivity index (χ2v) is 6.20. The zero-order valence-electron chi connectivity index (χ0n) is 13.9. The van der Waals surface area contributed by atoms with Gasteiger partial charge < -0.3 is 14.8 Å². The molecule has 2 rings (SSSR count). The summed E-state index contributed by atoms with van der Waals surface area (Å²) in [5.74, 6) is 1.59. The largest absolute Gasteiger partial charge is 0.492 e. The van der Waals surface area contributed by atoms with E-state index in [1.54, 1.807) is 0 Å². The van der Waals surface area contributed by atoms with Crippen molar-refractivity contribution < 1.29 is 9.47 Å². The fourth-order valence-electron chi connectivity index (χ4n) is 2.89. The molecule has 1 fully saturated rings. The highest BCUT2D eigenvalue weighted by molar-refractivity contribution is 5.41. The minimum atomic E-state index is 0.382. The molecule has 0 saturated carbocycles. The molecule has 1 saturated heterocycles. The van der Waals surface area contributed by atoms with Crippen molar-refractivity contribution in [3.63, 3.8) is 0 Å². The van der Waals surface area contributed by atoms with E-state index in [0.717, 1.165) is 45.0 Å². The highest BCUT2D eigenvalue weighted by atomic mass is 16.5. The summed E-state index contributed by atoms with van der Waals surface area (Å²) in [6, 6.07) is 4.73. The number of ether oxygens (including phenoxy) is 2. The minimum Gasteiger partial charge on any atom is -0.492 e. The molecule has 1 N–H and O–H groups in total. The Balaban J connectivity index is 2.00. The van der Waals surface area contributed by atoms with Crippen LogP contribution in [0.15, 0.2) is 12.1 Å². The van der Waals surface area contributed by atoms with Gasteiger partial charge in [-0.2, -0.15) is 0 Å². The molecule has 3 heteroatoms. The topological polar surface area (TPSA) is 30.5 Å². The van der Waals surface area contributed by atoms with Crippen molar-refractivity contribution in [2.45, 2.75) is 46.6 Å². The molecule has 0 aromatic heterocycles. The van der Waals surface area contributed by atoms with E-state index in [0.29, 0.717) is 12.0 Å². The number of rotatable bonds is 7. The van der Waals surface area contributed by atoms with Crippen molar-refractivity contribution >= 4 is 0 Å². The lowest BCUT2D eigenvalue weighted by atomic mass is 9.99. The molecule has 1 aromatic rings. The van der Waals surface area contributed by atoms with Gasteiger partial charge in [-0.1, -0.05) is 13.0 Å². The number of hydrogen-bond acceptors (Lipinski definition) is 3. The third-order valence-electron chi connectivity index (χ3n) is 4.37. The van der Waals surface area contributed by atoms with Crippen molar-refractivity contribution in [1.29, 1.82) is 0 Å². The van der Waals surface area contributed by atoms with E-state index >= 15 is 0 Å². The number of hydrogen-bond donors (Lipinski definition) is 1. The second kappa shape index (κ2) is 7.81. The van der Waals surface area contributed by atoms with Gasteiger partial charge in [0.15, 0.2) is 0 Å². The molecule has 21 heavy (non-hydrogen) atoms. The normalized spacial score (nSPS) is 19.7. The van der Waals surface area contributed by atoms with Crippen molar-refractivity contribution in [1.82, 2.24) is 5.32 Å². The summed E-state index contributed by atoms with van der Waals surface area (Å²) < 4.78 is 11.7. The van der Waals surface area contributed by atoms with E-state index in [1.165, 1.54) is 16.7 Å². The lowest BCUT2D eigenvalue weighted by Crippen LogP contribution is -2.41. The number of benzene rings is 1. The van der Waals surface area contributed by atoms with Crippen LogP contribution in [-0.2, 0) is 4.74 Å². The second-order valence-electron chi connectivity index (χ2n) is 6.20. The van der Waals surface area contributed by atoms with Crippen molar-refractivity contribution in [2.24, 2.45) is 5.92 Å². The Morgan fingerprint density at radius 2 is 2.14 bits per heavy atom. The first kappa shape index (κ1) is 16.3. The summed E-state index contributed by atoms with van der Waals surface area (Å²) in [7, 11) is 0. The summed E-state index contributed by atoms with van der Waals surface area (Å²) >= 11 is 0. The maximum atomic E-state index is 6.15. The standard InChI is InChI=1S/C18H29NO2/c1-5-7-19-17(16-6-8-20-11-16)12-21-18-10-13(2)9-14(3)15(18)4/h9-10,16-17,19H,5-8,11-12H2,1-4H3. The Hall–Kier alpha value is -1.06. The van der Waals surface area contributed by atoms with Gasteiger partial charge >= 0.3 is 0 Å². The van der Waals surface area contributed by atoms with Crippen LogP contribution in [0.2, 0.25) is 0 Å². The summed E-state index contributed by atoms with van der Waals surface area (Å²) in [5.41, 5.74) is 3.81.